The maximum atomic E-state index is 11.7. The molecule has 0 atom stereocenters. The van der Waals surface area contributed by atoms with Gasteiger partial charge in [-0.15, -0.1) is 11.8 Å². The van der Waals surface area contributed by atoms with Crippen molar-refractivity contribution >= 4 is 17.7 Å². The number of phenolic OH excluding ortho intramolecular Hbond substituents is 1. The Morgan fingerprint density at radius 3 is 2.48 bits per heavy atom. The molecule has 2 rings (SSSR count). The molecule has 0 spiro atoms. The first-order valence-electron chi connectivity index (χ1n) is 6.96. The molecule has 0 saturated heterocycles. The number of benzene rings is 2. The Labute approximate surface area is 129 Å². The Bertz CT molecular complexity index is 555. The molecular formula is C17H19NO2S. The summed E-state index contributed by atoms with van der Waals surface area (Å²) in [6.45, 7) is 0.698. The highest BCUT2D eigenvalue weighted by Gasteiger charge is 2.02. The number of thioether (sulfide) groups is 1. The fraction of sp³-hybridized carbons (Fsp3) is 0.235. The van der Waals surface area contributed by atoms with Crippen molar-refractivity contribution in [2.45, 2.75) is 17.7 Å². The Kier molecular flexibility index (Phi) is 6.16. The lowest BCUT2D eigenvalue weighted by molar-refractivity contribution is -0.118. The minimum atomic E-state index is 0.0427. The van der Waals surface area contributed by atoms with E-state index in [1.165, 1.54) is 17.3 Å². The summed E-state index contributed by atoms with van der Waals surface area (Å²) in [5.41, 5.74) is 1.30. The molecule has 0 heterocycles. The molecule has 0 unspecified atom stereocenters. The zero-order valence-corrected chi connectivity index (χ0v) is 12.6. The Balaban J connectivity index is 1.60. The number of carbonyl (C=O) groups is 1. The van der Waals surface area contributed by atoms with Crippen molar-refractivity contribution in [3.8, 4) is 5.75 Å². The number of aromatic hydroxyl groups is 1. The van der Waals surface area contributed by atoms with Gasteiger partial charge in [0.15, 0.2) is 0 Å². The van der Waals surface area contributed by atoms with Gasteiger partial charge < -0.3 is 10.4 Å². The molecular weight excluding hydrogens is 282 g/mol. The Morgan fingerprint density at radius 2 is 1.76 bits per heavy atom. The number of aryl methyl sites for hydroxylation is 1. The smallest absolute Gasteiger partial charge is 0.230 e. The zero-order chi connectivity index (χ0) is 14.9. The van der Waals surface area contributed by atoms with Gasteiger partial charge in [0, 0.05) is 11.4 Å². The molecule has 110 valence electrons. The van der Waals surface area contributed by atoms with Crippen LogP contribution >= 0.6 is 11.8 Å². The first kappa shape index (κ1) is 15.4. The van der Waals surface area contributed by atoms with Crippen LogP contribution in [0.4, 0.5) is 0 Å². The largest absolute Gasteiger partial charge is 0.508 e. The number of phenols is 1. The lowest BCUT2D eigenvalue weighted by atomic mass is 10.1. The monoisotopic (exact) mass is 301 g/mol. The van der Waals surface area contributed by atoms with Crippen molar-refractivity contribution in [2.24, 2.45) is 0 Å². The number of hydrogen-bond acceptors (Lipinski definition) is 3. The van der Waals surface area contributed by atoms with Gasteiger partial charge in [-0.2, -0.15) is 0 Å². The van der Waals surface area contributed by atoms with Crippen LogP contribution in [-0.4, -0.2) is 23.3 Å². The molecule has 0 radical (unpaired) electrons. The minimum Gasteiger partial charge on any atom is -0.508 e. The van der Waals surface area contributed by atoms with Crippen LogP contribution in [0, 0.1) is 0 Å². The van der Waals surface area contributed by atoms with E-state index < -0.39 is 0 Å². The number of amides is 1. The lowest BCUT2D eigenvalue weighted by Gasteiger charge is -2.05. The zero-order valence-electron chi connectivity index (χ0n) is 11.8. The minimum absolute atomic E-state index is 0.0427. The van der Waals surface area contributed by atoms with Gasteiger partial charge in [-0.05, 0) is 42.7 Å². The van der Waals surface area contributed by atoms with Crippen molar-refractivity contribution in [1.82, 2.24) is 5.32 Å². The predicted molar refractivity (Wildman–Crippen MR) is 86.6 cm³/mol. The second kappa shape index (κ2) is 8.37. The van der Waals surface area contributed by atoms with Crippen LogP contribution in [-0.2, 0) is 11.2 Å². The molecule has 2 aromatic carbocycles. The van der Waals surface area contributed by atoms with E-state index in [2.05, 4.69) is 17.4 Å². The SMILES string of the molecule is O=C(CSc1ccc(O)cc1)NCCCc1ccccc1. The van der Waals surface area contributed by atoms with Crippen LogP contribution in [0.15, 0.2) is 59.5 Å². The first-order valence-corrected chi connectivity index (χ1v) is 7.95. The number of nitrogens with one attached hydrogen (secondary N) is 1. The number of hydrogen-bond donors (Lipinski definition) is 2. The van der Waals surface area contributed by atoms with Gasteiger partial charge in [0.05, 0.1) is 5.75 Å². The third kappa shape index (κ3) is 5.92. The molecule has 4 heteroatoms. The fourth-order valence-corrected chi connectivity index (χ4v) is 2.64. The summed E-state index contributed by atoms with van der Waals surface area (Å²) in [5.74, 6) is 0.682. The van der Waals surface area contributed by atoms with E-state index >= 15 is 0 Å². The summed E-state index contributed by atoms with van der Waals surface area (Å²) in [5, 5.41) is 12.1. The Hall–Kier alpha value is -1.94. The molecule has 0 aliphatic heterocycles. The second-order valence-electron chi connectivity index (χ2n) is 4.72. The van der Waals surface area contributed by atoms with Crippen molar-refractivity contribution in [3.63, 3.8) is 0 Å². The van der Waals surface area contributed by atoms with E-state index in [0.717, 1.165) is 17.7 Å². The fourth-order valence-electron chi connectivity index (χ4n) is 1.91. The van der Waals surface area contributed by atoms with Crippen LogP contribution in [0.3, 0.4) is 0 Å². The van der Waals surface area contributed by atoms with Gasteiger partial charge >= 0.3 is 0 Å². The molecule has 21 heavy (non-hydrogen) atoms. The summed E-state index contributed by atoms with van der Waals surface area (Å²) >= 11 is 1.47. The van der Waals surface area contributed by atoms with Gasteiger partial charge in [0.1, 0.15) is 5.75 Å². The van der Waals surface area contributed by atoms with Crippen LogP contribution in [0.1, 0.15) is 12.0 Å². The molecule has 2 N–H and O–H groups in total. The highest BCUT2D eigenvalue weighted by atomic mass is 32.2. The van der Waals surface area contributed by atoms with E-state index in [0.29, 0.717) is 12.3 Å². The van der Waals surface area contributed by atoms with E-state index in [9.17, 15) is 9.90 Å². The van der Waals surface area contributed by atoms with E-state index in [1.807, 2.05) is 30.3 Å². The average molecular weight is 301 g/mol. The third-order valence-electron chi connectivity index (χ3n) is 3.01. The summed E-state index contributed by atoms with van der Waals surface area (Å²) in [4.78, 5) is 12.7. The third-order valence-corrected chi connectivity index (χ3v) is 4.03. The van der Waals surface area contributed by atoms with Crippen LogP contribution < -0.4 is 5.32 Å². The summed E-state index contributed by atoms with van der Waals surface area (Å²) in [7, 11) is 0. The molecule has 0 aliphatic carbocycles. The highest BCUT2D eigenvalue weighted by Crippen LogP contribution is 2.20. The van der Waals surface area contributed by atoms with Crippen molar-refractivity contribution < 1.29 is 9.90 Å². The molecule has 0 bridgehead atoms. The van der Waals surface area contributed by atoms with Crippen LogP contribution in [0.2, 0.25) is 0 Å². The van der Waals surface area contributed by atoms with Gasteiger partial charge in [-0.25, -0.2) is 0 Å². The highest BCUT2D eigenvalue weighted by molar-refractivity contribution is 8.00. The maximum absolute atomic E-state index is 11.7. The van der Waals surface area contributed by atoms with E-state index in [1.54, 1.807) is 12.1 Å². The Morgan fingerprint density at radius 1 is 1.05 bits per heavy atom. The summed E-state index contributed by atoms with van der Waals surface area (Å²) in [6.07, 6.45) is 1.92. The van der Waals surface area contributed by atoms with Gasteiger partial charge in [0.25, 0.3) is 0 Å². The van der Waals surface area contributed by atoms with Gasteiger partial charge in [0.2, 0.25) is 5.91 Å². The number of rotatable bonds is 7. The van der Waals surface area contributed by atoms with Gasteiger partial charge in [-0.3, -0.25) is 4.79 Å². The van der Waals surface area contributed by atoms with Crippen molar-refractivity contribution in [1.29, 1.82) is 0 Å². The maximum Gasteiger partial charge on any atom is 0.230 e. The first-order chi connectivity index (χ1) is 10.2. The molecule has 3 nitrogen and oxygen atoms in total. The average Bonchev–Trinajstić information content (AvgIpc) is 2.52. The lowest BCUT2D eigenvalue weighted by Crippen LogP contribution is -2.26. The molecule has 1 amide bonds. The standard InChI is InChI=1S/C17H19NO2S/c19-15-8-10-16(11-9-15)21-13-17(20)18-12-4-7-14-5-2-1-3-6-14/h1-3,5-6,8-11,19H,4,7,12-13H2,(H,18,20). The van der Waals surface area contributed by atoms with Crippen molar-refractivity contribution in [3.05, 3.63) is 60.2 Å². The van der Waals surface area contributed by atoms with E-state index in [-0.39, 0.29) is 11.7 Å². The van der Waals surface area contributed by atoms with Crippen LogP contribution in [0.25, 0.3) is 0 Å². The summed E-state index contributed by atoms with van der Waals surface area (Å²) < 4.78 is 0. The van der Waals surface area contributed by atoms with Crippen LogP contribution in [0.5, 0.6) is 5.75 Å². The molecule has 0 aromatic heterocycles. The normalized spacial score (nSPS) is 10.3. The second-order valence-corrected chi connectivity index (χ2v) is 5.77. The predicted octanol–water partition coefficient (Wildman–Crippen LogP) is 3.23. The molecule has 0 aliphatic rings. The molecule has 0 fully saturated rings. The number of carbonyl (C=O) groups excluding carboxylic acids is 1. The molecule has 0 saturated carbocycles. The topological polar surface area (TPSA) is 49.3 Å². The summed E-state index contributed by atoms with van der Waals surface area (Å²) in [6, 6.07) is 17.1. The quantitative estimate of drug-likeness (QED) is 0.610. The van der Waals surface area contributed by atoms with Crippen molar-refractivity contribution in [2.75, 3.05) is 12.3 Å². The van der Waals surface area contributed by atoms with E-state index in [4.69, 9.17) is 0 Å². The van der Waals surface area contributed by atoms with Gasteiger partial charge in [-0.1, -0.05) is 30.3 Å². The molecule has 2 aromatic rings.